The molecule has 0 spiro atoms. The molecule has 0 radical (unpaired) electrons. The molecule has 2 aromatic carbocycles. The number of furan rings is 1. The zero-order valence-electron chi connectivity index (χ0n) is 15.0. The first-order valence-corrected chi connectivity index (χ1v) is 8.57. The summed E-state index contributed by atoms with van der Waals surface area (Å²) in [4.78, 5) is 7.62. The van der Waals surface area contributed by atoms with Gasteiger partial charge in [0.15, 0.2) is 11.6 Å². The summed E-state index contributed by atoms with van der Waals surface area (Å²) in [6.07, 6.45) is -4.77. The number of hydrogen-bond acceptors (Lipinski definition) is 3. The lowest BCUT2D eigenvalue weighted by atomic mass is 10.1. The first-order chi connectivity index (χ1) is 13.8. The second-order valence-electron chi connectivity index (χ2n) is 6.31. The zero-order chi connectivity index (χ0) is 20.6. The van der Waals surface area contributed by atoms with Gasteiger partial charge in [0.05, 0.1) is 5.69 Å². The molecule has 4 rings (SSSR count). The van der Waals surface area contributed by atoms with Crippen LogP contribution in [0.25, 0.3) is 34.2 Å². The summed E-state index contributed by atoms with van der Waals surface area (Å²) < 4.78 is 60.1. The average Bonchev–Trinajstić information content (AvgIpc) is 3.28. The molecule has 0 aliphatic heterocycles. The highest BCUT2D eigenvalue weighted by Crippen LogP contribution is 2.32. The summed E-state index contributed by atoms with van der Waals surface area (Å²) in [6.45, 7) is 1.83. The van der Waals surface area contributed by atoms with E-state index in [1.165, 1.54) is 30.3 Å². The Morgan fingerprint density at radius 3 is 2.38 bits per heavy atom. The van der Waals surface area contributed by atoms with Gasteiger partial charge in [-0.25, -0.2) is 9.37 Å². The van der Waals surface area contributed by atoms with Gasteiger partial charge in [0.25, 0.3) is 0 Å². The van der Waals surface area contributed by atoms with E-state index >= 15 is 0 Å². The van der Waals surface area contributed by atoms with Crippen molar-refractivity contribution in [2.75, 3.05) is 0 Å². The van der Waals surface area contributed by atoms with E-state index in [1.54, 1.807) is 30.3 Å². The molecule has 4 nitrogen and oxygen atoms in total. The predicted octanol–water partition coefficient (Wildman–Crippen LogP) is 6.35. The maximum absolute atomic E-state index is 13.1. The minimum Gasteiger partial charge on any atom is -0.453 e. The van der Waals surface area contributed by atoms with E-state index in [0.29, 0.717) is 28.6 Å². The Labute approximate surface area is 162 Å². The molecule has 0 amide bonds. The summed E-state index contributed by atoms with van der Waals surface area (Å²) >= 11 is 0. The number of aromatic nitrogens is 2. The highest BCUT2D eigenvalue weighted by molar-refractivity contribution is 5.67. The van der Waals surface area contributed by atoms with Crippen molar-refractivity contribution < 1.29 is 26.7 Å². The van der Waals surface area contributed by atoms with E-state index in [9.17, 15) is 17.6 Å². The largest absolute Gasteiger partial charge is 0.573 e. The number of nitrogens with one attached hydrogen (secondary N) is 1. The molecule has 29 heavy (non-hydrogen) atoms. The van der Waals surface area contributed by atoms with E-state index in [2.05, 4.69) is 14.7 Å². The number of aryl methyl sites for hydroxylation is 1. The Balaban J connectivity index is 1.63. The standard InChI is InChI=1S/C21H14F4N2O2/c1-12-19(13-5-7-15(22)8-6-13)27-20(26-12)18-10-9-17(28-18)14-3-2-4-16(11-14)29-21(23,24)25/h2-11H,1H3,(H,26,27). The smallest absolute Gasteiger partial charge is 0.453 e. The molecule has 0 aliphatic carbocycles. The zero-order valence-corrected chi connectivity index (χ0v) is 15.0. The third-order valence-corrected chi connectivity index (χ3v) is 4.19. The van der Waals surface area contributed by atoms with E-state index in [4.69, 9.17) is 4.42 Å². The molecule has 2 aromatic heterocycles. The fraction of sp³-hybridized carbons (Fsp3) is 0.0952. The lowest BCUT2D eigenvalue weighted by Gasteiger charge is -2.09. The first-order valence-electron chi connectivity index (χ1n) is 8.57. The summed E-state index contributed by atoms with van der Waals surface area (Å²) in [6, 6.07) is 14.8. The topological polar surface area (TPSA) is 51.0 Å². The van der Waals surface area contributed by atoms with Gasteiger partial charge >= 0.3 is 6.36 Å². The molecule has 1 N–H and O–H groups in total. The molecule has 148 valence electrons. The van der Waals surface area contributed by atoms with Crippen LogP contribution in [0.15, 0.2) is 65.1 Å². The number of ether oxygens (including phenoxy) is 1. The number of benzene rings is 2. The number of H-pyrrole nitrogens is 1. The molecule has 0 fully saturated rings. The number of hydrogen-bond donors (Lipinski definition) is 1. The Morgan fingerprint density at radius 1 is 0.931 bits per heavy atom. The maximum atomic E-state index is 13.1. The number of imidazole rings is 1. The summed E-state index contributed by atoms with van der Waals surface area (Å²) in [7, 11) is 0. The Morgan fingerprint density at radius 2 is 1.66 bits per heavy atom. The average molecular weight is 402 g/mol. The second kappa shape index (κ2) is 7.12. The van der Waals surface area contributed by atoms with Gasteiger partial charge in [-0.15, -0.1) is 13.2 Å². The Bertz CT molecular complexity index is 1140. The number of nitrogens with zero attached hydrogens (tertiary/aromatic N) is 1. The minimum atomic E-state index is -4.77. The molecule has 8 heteroatoms. The van der Waals surface area contributed by atoms with Crippen LogP contribution in [-0.2, 0) is 0 Å². The molecule has 0 aliphatic rings. The minimum absolute atomic E-state index is 0.333. The molecule has 4 aromatic rings. The molecular weight excluding hydrogens is 388 g/mol. The van der Waals surface area contributed by atoms with Gasteiger partial charge in [0.1, 0.15) is 17.3 Å². The van der Waals surface area contributed by atoms with Gasteiger partial charge in [-0.2, -0.15) is 0 Å². The van der Waals surface area contributed by atoms with Crippen molar-refractivity contribution in [3.63, 3.8) is 0 Å². The highest BCUT2D eigenvalue weighted by Gasteiger charge is 2.31. The number of rotatable bonds is 4. The summed E-state index contributed by atoms with van der Waals surface area (Å²) in [5.41, 5.74) is 2.60. The van der Waals surface area contributed by atoms with Gasteiger partial charge in [-0.3, -0.25) is 0 Å². The van der Waals surface area contributed by atoms with Crippen LogP contribution in [0.3, 0.4) is 0 Å². The van der Waals surface area contributed by atoms with E-state index in [0.717, 1.165) is 11.3 Å². The quantitative estimate of drug-likeness (QED) is 0.405. The normalized spacial score (nSPS) is 11.6. The van der Waals surface area contributed by atoms with E-state index < -0.39 is 6.36 Å². The lowest BCUT2D eigenvalue weighted by Crippen LogP contribution is -2.17. The fourth-order valence-corrected chi connectivity index (χ4v) is 2.93. The number of alkyl halides is 3. The van der Waals surface area contributed by atoms with Crippen molar-refractivity contribution in [3.8, 4) is 39.9 Å². The van der Waals surface area contributed by atoms with Crippen LogP contribution in [-0.4, -0.2) is 16.3 Å². The van der Waals surface area contributed by atoms with Crippen molar-refractivity contribution in [3.05, 3.63) is 72.2 Å². The van der Waals surface area contributed by atoms with Crippen LogP contribution in [0.1, 0.15) is 5.69 Å². The van der Waals surface area contributed by atoms with Gasteiger partial charge < -0.3 is 14.1 Å². The van der Waals surface area contributed by atoms with Gasteiger partial charge in [0, 0.05) is 16.8 Å². The van der Waals surface area contributed by atoms with Crippen molar-refractivity contribution in [2.45, 2.75) is 13.3 Å². The van der Waals surface area contributed by atoms with Crippen LogP contribution >= 0.6 is 0 Å². The van der Waals surface area contributed by atoms with Crippen LogP contribution in [0, 0.1) is 12.7 Å². The molecule has 0 atom stereocenters. The SMILES string of the molecule is Cc1[nH]c(-c2ccc(-c3cccc(OC(F)(F)F)c3)o2)nc1-c1ccc(F)cc1. The van der Waals surface area contributed by atoms with Crippen LogP contribution < -0.4 is 4.74 Å². The number of aromatic amines is 1. The monoisotopic (exact) mass is 402 g/mol. The van der Waals surface area contributed by atoms with Crippen LogP contribution in [0.5, 0.6) is 5.75 Å². The predicted molar refractivity (Wildman–Crippen MR) is 98.5 cm³/mol. The lowest BCUT2D eigenvalue weighted by molar-refractivity contribution is -0.274. The fourth-order valence-electron chi connectivity index (χ4n) is 2.93. The van der Waals surface area contributed by atoms with Gasteiger partial charge in [-0.1, -0.05) is 12.1 Å². The number of halogens is 4. The van der Waals surface area contributed by atoms with Gasteiger partial charge in [-0.05, 0) is 55.5 Å². The molecule has 0 bridgehead atoms. The molecule has 0 saturated carbocycles. The van der Waals surface area contributed by atoms with E-state index in [1.807, 2.05) is 6.92 Å². The third kappa shape index (κ3) is 4.16. The van der Waals surface area contributed by atoms with Crippen molar-refractivity contribution in [2.24, 2.45) is 0 Å². The second-order valence-corrected chi connectivity index (χ2v) is 6.31. The Kier molecular flexibility index (Phi) is 4.62. The molecule has 0 unspecified atom stereocenters. The molecule has 2 heterocycles. The van der Waals surface area contributed by atoms with Crippen LogP contribution in [0.4, 0.5) is 17.6 Å². The third-order valence-electron chi connectivity index (χ3n) is 4.19. The summed E-state index contributed by atoms with van der Waals surface area (Å²) in [5.74, 6) is 0.564. The molecular formula is C21H14F4N2O2. The molecule has 0 saturated heterocycles. The first kappa shape index (κ1) is 18.8. The van der Waals surface area contributed by atoms with E-state index in [-0.39, 0.29) is 11.6 Å². The van der Waals surface area contributed by atoms with Crippen molar-refractivity contribution in [1.29, 1.82) is 0 Å². The maximum Gasteiger partial charge on any atom is 0.573 e. The van der Waals surface area contributed by atoms with Crippen LogP contribution in [0.2, 0.25) is 0 Å². The highest BCUT2D eigenvalue weighted by atomic mass is 19.4. The summed E-state index contributed by atoms with van der Waals surface area (Å²) in [5, 5.41) is 0. The van der Waals surface area contributed by atoms with Crippen molar-refractivity contribution >= 4 is 0 Å². The van der Waals surface area contributed by atoms with Crippen molar-refractivity contribution in [1.82, 2.24) is 9.97 Å². The Hall–Kier alpha value is -3.55. The van der Waals surface area contributed by atoms with Gasteiger partial charge in [0.2, 0.25) is 0 Å².